The summed E-state index contributed by atoms with van der Waals surface area (Å²) in [5.41, 5.74) is 0.835. The molecule has 0 aliphatic heterocycles. The third-order valence-corrected chi connectivity index (χ3v) is 4.09. The molecule has 7 nitrogen and oxygen atoms in total. The van der Waals surface area contributed by atoms with Crippen molar-refractivity contribution in [2.45, 2.75) is 11.8 Å². The molecule has 0 aromatic heterocycles. The van der Waals surface area contributed by atoms with Crippen molar-refractivity contribution in [3.63, 3.8) is 0 Å². The summed E-state index contributed by atoms with van der Waals surface area (Å²) in [6.07, 6.45) is 0. The van der Waals surface area contributed by atoms with E-state index in [1.165, 1.54) is 12.1 Å². The first-order chi connectivity index (χ1) is 8.73. The first kappa shape index (κ1) is 15.1. The van der Waals surface area contributed by atoms with Gasteiger partial charge in [0.15, 0.2) is 0 Å². The normalized spacial score (nSPS) is 11.5. The average Bonchev–Trinajstić information content (AvgIpc) is 2.27. The molecule has 1 aromatic rings. The first-order valence-electron chi connectivity index (χ1n) is 5.24. The van der Waals surface area contributed by atoms with Gasteiger partial charge in [0.2, 0.25) is 10.0 Å². The highest BCUT2D eigenvalue weighted by Crippen LogP contribution is 2.16. The minimum Gasteiger partial charge on any atom is -0.480 e. The Kier molecular flexibility index (Phi) is 4.62. The number of aliphatic carboxylic acids is 2. The highest BCUT2D eigenvalue weighted by molar-refractivity contribution is 7.89. The number of benzene rings is 1. The van der Waals surface area contributed by atoms with E-state index in [4.69, 9.17) is 10.2 Å². The second kappa shape index (κ2) is 5.81. The summed E-state index contributed by atoms with van der Waals surface area (Å²) < 4.78 is 24.6. The number of sulfonamides is 1. The van der Waals surface area contributed by atoms with Crippen LogP contribution in [0.2, 0.25) is 0 Å². The van der Waals surface area contributed by atoms with Crippen molar-refractivity contribution < 1.29 is 28.2 Å². The molecule has 0 saturated carbocycles. The second-order valence-corrected chi connectivity index (χ2v) is 5.81. The summed E-state index contributed by atoms with van der Waals surface area (Å²) in [6, 6.07) is 5.71. The zero-order valence-electron chi connectivity index (χ0n) is 10.1. The van der Waals surface area contributed by atoms with Gasteiger partial charge in [-0.3, -0.25) is 9.59 Å². The van der Waals surface area contributed by atoms with Crippen molar-refractivity contribution >= 4 is 22.0 Å². The minimum atomic E-state index is -4.14. The fourth-order valence-electron chi connectivity index (χ4n) is 1.39. The lowest BCUT2D eigenvalue weighted by Crippen LogP contribution is -2.39. The van der Waals surface area contributed by atoms with E-state index in [1.54, 1.807) is 19.1 Å². The molecule has 104 valence electrons. The molecule has 0 aliphatic rings. The van der Waals surface area contributed by atoms with Crippen LogP contribution in [0.15, 0.2) is 29.2 Å². The molecule has 0 unspecified atom stereocenters. The van der Waals surface area contributed by atoms with E-state index >= 15 is 0 Å². The maximum Gasteiger partial charge on any atom is 0.318 e. The lowest BCUT2D eigenvalue weighted by molar-refractivity contribution is -0.139. The molecule has 0 radical (unpaired) electrons. The monoisotopic (exact) mass is 287 g/mol. The molecule has 0 bridgehead atoms. The Bertz CT molecular complexity index is 562. The molecule has 0 aliphatic carbocycles. The molecule has 0 saturated heterocycles. The highest BCUT2D eigenvalue weighted by atomic mass is 32.2. The van der Waals surface area contributed by atoms with Crippen LogP contribution in [0.3, 0.4) is 0 Å². The molecule has 2 N–H and O–H groups in total. The summed E-state index contributed by atoms with van der Waals surface area (Å²) in [7, 11) is -4.14. The molecular weight excluding hydrogens is 274 g/mol. The van der Waals surface area contributed by atoms with Gasteiger partial charge in [-0.25, -0.2) is 8.42 Å². The molecule has 1 rings (SSSR count). The maximum absolute atomic E-state index is 12.1. The van der Waals surface area contributed by atoms with Crippen molar-refractivity contribution in [2.24, 2.45) is 0 Å². The zero-order valence-corrected chi connectivity index (χ0v) is 10.9. The average molecular weight is 287 g/mol. The molecule has 8 heteroatoms. The van der Waals surface area contributed by atoms with Gasteiger partial charge in [0.1, 0.15) is 13.1 Å². The maximum atomic E-state index is 12.1. The third-order valence-electron chi connectivity index (χ3n) is 2.28. The van der Waals surface area contributed by atoms with Crippen LogP contribution in [0.1, 0.15) is 5.56 Å². The SMILES string of the molecule is Cc1ccc(S(=O)(=O)N(CC(=O)O)CC(=O)O)cc1. The van der Waals surface area contributed by atoms with Gasteiger partial charge in [-0.05, 0) is 19.1 Å². The van der Waals surface area contributed by atoms with Crippen LogP contribution in [-0.2, 0) is 19.6 Å². The van der Waals surface area contributed by atoms with Crippen LogP contribution in [-0.4, -0.2) is 48.0 Å². The predicted octanol–water partition coefficient (Wildman–Crippen LogP) is 0.155. The molecule has 0 amide bonds. The number of rotatable bonds is 6. The van der Waals surface area contributed by atoms with Crippen molar-refractivity contribution in [1.82, 2.24) is 4.31 Å². The second-order valence-electron chi connectivity index (χ2n) is 3.87. The Hall–Kier alpha value is -1.93. The Labute approximate surface area is 110 Å². The van der Waals surface area contributed by atoms with Crippen molar-refractivity contribution in [3.8, 4) is 0 Å². The van der Waals surface area contributed by atoms with Crippen molar-refractivity contribution in [2.75, 3.05) is 13.1 Å². The van der Waals surface area contributed by atoms with Gasteiger partial charge >= 0.3 is 11.9 Å². The van der Waals surface area contributed by atoms with Gasteiger partial charge in [0.25, 0.3) is 0 Å². The lowest BCUT2D eigenvalue weighted by atomic mass is 10.2. The summed E-state index contributed by atoms with van der Waals surface area (Å²) >= 11 is 0. The van der Waals surface area contributed by atoms with E-state index in [-0.39, 0.29) is 4.90 Å². The van der Waals surface area contributed by atoms with Gasteiger partial charge < -0.3 is 10.2 Å². The highest BCUT2D eigenvalue weighted by Gasteiger charge is 2.28. The van der Waals surface area contributed by atoms with Crippen LogP contribution in [0.4, 0.5) is 0 Å². The lowest BCUT2D eigenvalue weighted by Gasteiger charge is -2.18. The Morgan fingerprint density at radius 3 is 1.84 bits per heavy atom. The Balaban J connectivity index is 3.14. The van der Waals surface area contributed by atoms with Crippen LogP contribution < -0.4 is 0 Å². The number of carboxylic acid groups (broad SMARTS) is 2. The largest absolute Gasteiger partial charge is 0.480 e. The number of hydrogen-bond donors (Lipinski definition) is 2. The molecule has 0 fully saturated rings. The Morgan fingerprint density at radius 2 is 1.47 bits per heavy atom. The van der Waals surface area contributed by atoms with Crippen LogP contribution in [0, 0.1) is 6.92 Å². The molecule has 19 heavy (non-hydrogen) atoms. The quantitative estimate of drug-likeness (QED) is 0.770. The van der Waals surface area contributed by atoms with Gasteiger partial charge in [-0.15, -0.1) is 0 Å². The van der Waals surface area contributed by atoms with Crippen LogP contribution in [0.5, 0.6) is 0 Å². The number of carbonyl (C=O) groups is 2. The van der Waals surface area contributed by atoms with Gasteiger partial charge in [-0.2, -0.15) is 4.31 Å². The topological polar surface area (TPSA) is 112 Å². The standard InChI is InChI=1S/C11H13NO6S/c1-8-2-4-9(5-3-8)19(17,18)12(6-10(13)14)7-11(15)16/h2-5H,6-7H2,1H3,(H,13,14)(H,15,16). The minimum absolute atomic E-state index is 0.138. The van der Waals surface area contributed by atoms with Crippen molar-refractivity contribution in [1.29, 1.82) is 0 Å². The van der Waals surface area contributed by atoms with E-state index < -0.39 is 35.1 Å². The van der Waals surface area contributed by atoms with Crippen molar-refractivity contribution in [3.05, 3.63) is 29.8 Å². The fourth-order valence-corrected chi connectivity index (χ4v) is 2.73. The summed E-state index contributed by atoms with van der Waals surface area (Å²) in [4.78, 5) is 21.1. The molecule has 1 aromatic carbocycles. The van der Waals surface area contributed by atoms with Crippen LogP contribution >= 0.6 is 0 Å². The predicted molar refractivity (Wildman–Crippen MR) is 65.2 cm³/mol. The van der Waals surface area contributed by atoms with Gasteiger partial charge in [-0.1, -0.05) is 17.7 Å². The fraction of sp³-hybridized carbons (Fsp3) is 0.273. The van der Waals surface area contributed by atoms with E-state index in [2.05, 4.69) is 0 Å². The van der Waals surface area contributed by atoms with E-state index in [0.717, 1.165) is 5.56 Å². The molecule has 0 atom stereocenters. The van der Waals surface area contributed by atoms with E-state index in [0.29, 0.717) is 4.31 Å². The molecular formula is C11H13NO6S. The van der Waals surface area contributed by atoms with Gasteiger partial charge in [0, 0.05) is 0 Å². The third kappa shape index (κ3) is 4.04. The number of aryl methyl sites for hydroxylation is 1. The number of hydrogen-bond acceptors (Lipinski definition) is 4. The van der Waals surface area contributed by atoms with Gasteiger partial charge in [0.05, 0.1) is 4.90 Å². The molecule has 0 spiro atoms. The Morgan fingerprint density at radius 1 is 1.05 bits per heavy atom. The number of nitrogens with zero attached hydrogens (tertiary/aromatic N) is 1. The van der Waals surface area contributed by atoms with Crippen LogP contribution in [0.25, 0.3) is 0 Å². The smallest absolute Gasteiger partial charge is 0.318 e. The summed E-state index contributed by atoms with van der Waals surface area (Å²) in [5, 5.41) is 17.3. The van der Waals surface area contributed by atoms with E-state index in [9.17, 15) is 18.0 Å². The summed E-state index contributed by atoms with van der Waals surface area (Å²) in [6.45, 7) is -0.0340. The molecule has 0 heterocycles. The van der Waals surface area contributed by atoms with E-state index in [1.807, 2.05) is 0 Å². The first-order valence-corrected chi connectivity index (χ1v) is 6.68. The zero-order chi connectivity index (χ0) is 14.6. The summed E-state index contributed by atoms with van der Waals surface area (Å²) in [5.74, 6) is -2.84. The number of carboxylic acids is 2.